The molecule has 1 aliphatic rings. The maximum absolute atomic E-state index is 10.3. The summed E-state index contributed by atoms with van der Waals surface area (Å²) in [6, 6.07) is 25.1. The predicted molar refractivity (Wildman–Crippen MR) is 135 cm³/mol. The molecule has 180 valence electrons. The number of benzene rings is 3. The highest BCUT2D eigenvalue weighted by atomic mass is 16.5. The molecule has 1 atom stereocenters. The number of aromatic hydroxyl groups is 1. The van der Waals surface area contributed by atoms with Gasteiger partial charge in [0, 0.05) is 37.8 Å². The van der Waals surface area contributed by atoms with E-state index in [-0.39, 0.29) is 6.29 Å². The number of phenols is 1. The number of anilines is 1. The second kappa shape index (κ2) is 11.9. The number of nitrogens with one attached hydrogen (secondary N) is 3. The molecule has 34 heavy (non-hydrogen) atoms. The number of ether oxygens (including phenoxy) is 1. The fraction of sp³-hybridized carbons (Fsp3) is 0.333. The van der Waals surface area contributed by atoms with Crippen molar-refractivity contribution in [3.63, 3.8) is 0 Å². The molecule has 0 spiro atoms. The summed E-state index contributed by atoms with van der Waals surface area (Å²) in [5.41, 5.74) is 3.14. The normalized spacial score (nSPS) is 19.0. The summed E-state index contributed by atoms with van der Waals surface area (Å²) in [5.74, 6) is 1.47. The van der Waals surface area contributed by atoms with E-state index in [1.165, 1.54) is 5.56 Å². The third-order valence-corrected chi connectivity index (χ3v) is 6.08. The van der Waals surface area contributed by atoms with Crippen LogP contribution in [0.4, 0.5) is 5.69 Å². The summed E-state index contributed by atoms with van der Waals surface area (Å²) < 4.78 is 5.88. The van der Waals surface area contributed by atoms with Crippen molar-refractivity contribution in [1.29, 1.82) is 0 Å². The molecule has 7 nitrogen and oxygen atoms in total. The second-order valence-corrected chi connectivity index (χ2v) is 8.74. The highest BCUT2D eigenvalue weighted by molar-refractivity contribution is 5.47. The minimum atomic E-state index is -0.505. The van der Waals surface area contributed by atoms with Gasteiger partial charge in [0.05, 0.1) is 6.10 Å². The van der Waals surface area contributed by atoms with Crippen molar-refractivity contribution in [3.8, 4) is 11.5 Å². The van der Waals surface area contributed by atoms with Crippen LogP contribution in [-0.2, 0) is 0 Å². The largest absolute Gasteiger partial charge is 0.508 e. The Morgan fingerprint density at radius 2 is 1.65 bits per heavy atom. The summed E-state index contributed by atoms with van der Waals surface area (Å²) in [4.78, 5) is 2.07. The Hall–Kier alpha value is -3.10. The zero-order chi connectivity index (χ0) is 23.8. The minimum absolute atomic E-state index is 0.00942. The summed E-state index contributed by atoms with van der Waals surface area (Å²) >= 11 is 0. The van der Waals surface area contributed by atoms with Crippen LogP contribution in [0, 0.1) is 0 Å². The maximum atomic E-state index is 10.3. The number of aliphatic hydroxyl groups excluding tert-OH is 1. The zero-order valence-corrected chi connectivity index (χ0v) is 19.5. The first-order valence-corrected chi connectivity index (χ1v) is 11.7. The fourth-order valence-electron chi connectivity index (χ4n) is 4.05. The van der Waals surface area contributed by atoms with Crippen molar-refractivity contribution in [2.45, 2.75) is 18.3 Å². The minimum Gasteiger partial charge on any atom is -0.508 e. The first-order valence-electron chi connectivity index (χ1n) is 11.7. The monoisotopic (exact) mass is 462 g/mol. The van der Waals surface area contributed by atoms with Gasteiger partial charge in [0.25, 0.3) is 0 Å². The average Bonchev–Trinajstić information content (AvgIpc) is 2.87. The van der Waals surface area contributed by atoms with E-state index in [4.69, 9.17) is 4.74 Å². The third kappa shape index (κ3) is 6.95. The fourth-order valence-corrected chi connectivity index (χ4v) is 4.05. The molecule has 7 heteroatoms. The lowest BCUT2D eigenvalue weighted by atomic mass is 9.97. The zero-order valence-electron chi connectivity index (χ0n) is 19.5. The van der Waals surface area contributed by atoms with Crippen LogP contribution in [0.25, 0.3) is 0 Å². The van der Waals surface area contributed by atoms with Crippen LogP contribution in [-0.4, -0.2) is 61.2 Å². The number of hydrogen-bond acceptors (Lipinski definition) is 7. The van der Waals surface area contributed by atoms with Crippen molar-refractivity contribution < 1.29 is 14.9 Å². The van der Waals surface area contributed by atoms with Gasteiger partial charge < -0.3 is 25.2 Å². The first-order chi connectivity index (χ1) is 16.6. The highest BCUT2D eigenvalue weighted by Crippen LogP contribution is 2.21. The van der Waals surface area contributed by atoms with Gasteiger partial charge in [0.2, 0.25) is 0 Å². The van der Waals surface area contributed by atoms with E-state index in [1.54, 1.807) is 12.1 Å². The van der Waals surface area contributed by atoms with Crippen molar-refractivity contribution >= 4 is 5.69 Å². The highest BCUT2D eigenvalue weighted by Gasteiger charge is 2.21. The molecule has 0 amide bonds. The molecule has 1 heterocycles. The molecular weight excluding hydrogens is 428 g/mol. The van der Waals surface area contributed by atoms with Gasteiger partial charge >= 0.3 is 0 Å². The second-order valence-electron chi connectivity index (χ2n) is 8.74. The number of nitrogens with zero attached hydrogens (tertiary/aromatic N) is 1. The van der Waals surface area contributed by atoms with Crippen molar-refractivity contribution in [1.82, 2.24) is 15.5 Å². The molecule has 0 radical (unpaired) electrons. The molecule has 0 aliphatic carbocycles. The molecule has 0 bridgehead atoms. The van der Waals surface area contributed by atoms with Crippen LogP contribution in [0.2, 0.25) is 0 Å². The van der Waals surface area contributed by atoms with Gasteiger partial charge in [-0.25, -0.2) is 0 Å². The number of phenolic OH excluding ortho intramolecular Hbond substituents is 1. The molecule has 1 saturated heterocycles. The molecule has 4 rings (SSSR count). The smallest absolute Gasteiger partial charge is 0.132 e. The van der Waals surface area contributed by atoms with Crippen molar-refractivity contribution in [2.75, 3.05) is 45.2 Å². The van der Waals surface area contributed by atoms with Crippen LogP contribution in [0.3, 0.4) is 0 Å². The quantitative estimate of drug-likeness (QED) is 0.316. The number of aliphatic hydroxyl groups is 1. The van der Waals surface area contributed by atoms with Crippen molar-refractivity contribution in [2.24, 2.45) is 0 Å². The third-order valence-electron chi connectivity index (χ3n) is 6.08. The van der Waals surface area contributed by atoms with Gasteiger partial charge in [0.1, 0.15) is 24.4 Å². The molecule has 1 fully saturated rings. The van der Waals surface area contributed by atoms with Gasteiger partial charge in [-0.05, 0) is 54.6 Å². The standard InChI is InChI=1S/C27H34N4O3/c1-31(19-26(33)21-5-3-2-4-6-21)15-16-34-25-13-9-23(10-14-25)30-27-28-17-22(18-29-27)20-7-11-24(32)12-8-20/h2-14,22,26-30,32-33H,15-19H2,1H3. The van der Waals surface area contributed by atoms with Crippen LogP contribution in [0.15, 0.2) is 78.9 Å². The summed E-state index contributed by atoms with van der Waals surface area (Å²) in [6.45, 7) is 3.54. The lowest BCUT2D eigenvalue weighted by Gasteiger charge is -2.32. The van der Waals surface area contributed by atoms with E-state index in [1.807, 2.05) is 73.8 Å². The van der Waals surface area contributed by atoms with E-state index < -0.39 is 6.10 Å². The Morgan fingerprint density at radius 3 is 2.32 bits per heavy atom. The van der Waals surface area contributed by atoms with Gasteiger partial charge in [-0.3, -0.25) is 10.6 Å². The number of hydrogen-bond donors (Lipinski definition) is 5. The molecule has 5 N–H and O–H groups in total. The number of likely N-dealkylation sites (N-methyl/N-ethyl adjacent to an activating group) is 1. The van der Waals surface area contributed by atoms with E-state index in [0.29, 0.717) is 24.8 Å². The van der Waals surface area contributed by atoms with E-state index in [9.17, 15) is 10.2 Å². The summed E-state index contributed by atoms with van der Waals surface area (Å²) in [6.07, 6.45) is -0.514. The van der Waals surface area contributed by atoms with Crippen LogP contribution in [0.5, 0.6) is 11.5 Å². The van der Waals surface area contributed by atoms with Gasteiger partial charge in [-0.1, -0.05) is 42.5 Å². The molecule has 1 aliphatic heterocycles. The number of rotatable bonds is 10. The first kappa shape index (κ1) is 24.0. The molecule has 0 aromatic heterocycles. The van der Waals surface area contributed by atoms with E-state index in [2.05, 4.69) is 20.9 Å². The SMILES string of the molecule is CN(CCOc1ccc(NC2NCC(c3ccc(O)cc3)CN2)cc1)CC(O)c1ccccc1. The van der Waals surface area contributed by atoms with Crippen LogP contribution >= 0.6 is 0 Å². The average molecular weight is 463 g/mol. The Bertz CT molecular complexity index is 991. The Labute approximate surface area is 201 Å². The summed E-state index contributed by atoms with van der Waals surface area (Å²) in [7, 11) is 1.99. The van der Waals surface area contributed by atoms with Gasteiger partial charge in [-0.15, -0.1) is 0 Å². The molecule has 3 aromatic carbocycles. The predicted octanol–water partition coefficient (Wildman–Crippen LogP) is 3.11. The van der Waals surface area contributed by atoms with Crippen molar-refractivity contribution in [3.05, 3.63) is 90.0 Å². The van der Waals surface area contributed by atoms with E-state index in [0.717, 1.165) is 36.6 Å². The van der Waals surface area contributed by atoms with E-state index >= 15 is 0 Å². The van der Waals surface area contributed by atoms with Crippen LogP contribution < -0.4 is 20.7 Å². The Kier molecular flexibility index (Phi) is 8.38. The molecule has 3 aromatic rings. The molecular formula is C27H34N4O3. The lowest BCUT2D eigenvalue weighted by molar-refractivity contribution is 0.118. The lowest BCUT2D eigenvalue weighted by Crippen LogP contribution is -2.55. The Morgan fingerprint density at radius 1 is 0.971 bits per heavy atom. The molecule has 0 saturated carbocycles. The molecule has 1 unspecified atom stereocenters. The topological polar surface area (TPSA) is 89.0 Å². The Balaban J connectivity index is 1.15. The maximum Gasteiger partial charge on any atom is 0.132 e. The van der Waals surface area contributed by atoms with Gasteiger partial charge in [0.15, 0.2) is 0 Å². The summed E-state index contributed by atoms with van der Waals surface area (Å²) in [5, 5.41) is 30.2. The van der Waals surface area contributed by atoms with Gasteiger partial charge in [-0.2, -0.15) is 0 Å². The van der Waals surface area contributed by atoms with Crippen LogP contribution in [0.1, 0.15) is 23.1 Å².